The van der Waals surface area contributed by atoms with Crippen LogP contribution in [0, 0.1) is 0 Å². The quantitative estimate of drug-likeness (QED) is 0.629. The highest BCUT2D eigenvalue weighted by Crippen LogP contribution is 2.26. The molecule has 3 nitrogen and oxygen atoms in total. The van der Waals surface area contributed by atoms with Crippen molar-refractivity contribution in [2.75, 3.05) is 12.3 Å². The number of rotatable bonds is 0. The Morgan fingerprint density at radius 1 is 1.58 bits per heavy atom. The van der Waals surface area contributed by atoms with Gasteiger partial charge in [0, 0.05) is 6.54 Å². The summed E-state index contributed by atoms with van der Waals surface area (Å²) in [5, 5.41) is 3.56. The second-order valence-electron chi connectivity index (χ2n) is 2.86. The Balaban J connectivity index is 2.44. The summed E-state index contributed by atoms with van der Waals surface area (Å²) in [4.78, 5) is 12.2. The van der Waals surface area contributed by atoms with Crippen molar-refractivity contribution in [2.24, 2.45) is 0 Å². The Labute approximate surface area is 74.6 Å². The number of nitrogens with one attached hydrogen (secondary N) is 1. The molecule has 1 aromatic rings. The number of hydrogen-bond donors (Lipinski definition) is 2. The maximum atomic E-state index is 11.4. The average molecular weight is 182 g/mol. The zero-order valence-corrected chi connectivity index (χ0v) is 7.41. The van der Waals surface area contributed by atoms with Crippen LogP contribution in [0.5, 0.6) is 0 Å². The van der Waals surface area contributed by atoms with Gasteiger partial charge < -0.3 is 11.1 Å². The van der Waals surface area contributed by atoms with Crippen molar-refractivity contribution in [3.63, 3.8) is 0 Å². The van der Waals surface area contributed by atoms with Gasteiger partial charge in [0.2, 0.25) is 0 Å². The Bertz CT molecular complexity index is 319. The number of thiophene rings is 1. The maximum absolute atomic E-state index is 11.4. The molecule has 64 valence electrons. The van der Waals surface area contributed by atoms with Gasteiger partial charge in [-0.15, -0.1) is 11.3 Å². The summed E-state index contributed by atoms with van der Waals surface area (Å²) < 4.78 is 0. The number of aryl methyl sites for hydroxylation is 1. The highest BCUT2D eigenvalue weighted by atomic mass is 32.1. The molecule has 0 aromatic carbocycles. The number of nitrogens with two attached hydrogens (primary N) is 1. The molecule has 0 atom stereocenters. The highest BCUT2D eigenvalue weighted by Gasteiger charge is 2.17. The van der Waals surface area contributed by atoms with Crippen LogP contribution in [0.15, 0.2) is 6.07 Å². The van der Waals surface area contributed by atoms with Gasteiger partial charge >= 0.3 is 0 Å². The van der Waals surface area contributed by atoms with Gasteiger partial charge in [-0.05, 0) is 24.5 Å². The van der Waals surface area contributed by atoms with Crippen molar-refractivity contribution >= 4 is 22.2 Å². The van der Waals surface area contributed by atoms with E-state index in [1.807, 2.05) is 6.07 Å². The highest BCUT2D eigenvalue weighted by molar-refractivity contribution is 7.17. The largest absolute Gasteiger partial charge is 0.391 e. The normalized spacial score (nSPS) is 16.5. The standard InChI is InChI=1S/C8H10N2OS/c9-6-4-5-2-1-3-10-8(11)7(5)12-6/h4H,1-3,9H2,(H,10,11). The first-order valence-electron chi connectivity index (χ1n) is 3.94. The lowest BCUT2D eigenvalue weighted by Crippen LogP contribution is -2.21. The lowest BCUT2D eigenvalue weighted by molar-refractivity contribution is 0.0960. The van der Waals surface area contributed by atoms with E-state index in [1.54, 1.807) is 0 Å². The molecule has 0 aliphatic carbocycles. The monoisotopic (exact) mass is 182 g/mol. The van der Waals surface area contributed by atoms with Crippen molar-refractivity contribution in [3.8, 4) is 0 Å². The molecule has 0 saturated carbocycles. The molecule has 0 fully saturated rings. The van der Waals surface area contributed by atoms with Crippen LogP contribution in [0.3, 0.4) is 0 Å². The van der Waals surface area contributed by atoms with Gasteiger partial charge in [-0.3, -0.25) is 4.79 Å². The van der Waals surface area contributed by atoms with Gasteiger partial charge in [-0.25, -0.2) is 0 Å². The fraction of sp³-hybridized carbons (Fsp3) is 0.375. The summed E-state index contributed by atoms with van der Waals surface area (Å²) in [5.41, 5.74) is 6.71. The molecular weight excluding hydrogens is 172 g/mol. The van der Waals surface area contributed by atoms with Gasteiger partial charge in [0.15, 0.2) is 0 Å². The lowest BCUT2D eigenvalue weighted by Gasteiger charge is -1.95. The molecule has 0 spiro atoms. The average Bonchev–Trinajstić information content (AvgIpc) is 2.33. The van der Waals surface area contributed by atoms with Crippen molar-refractivity contribution in [1.82, 2.24) is 5.32 Å². The first-order chi connectivity index (χ1) is 5.77. The number of hydrogen-bond acceptors (Lipinski definition) is 3. The molecule has 12 heavy (non-hydrogen) atoms. The van der Waals surface area contributed by atoms with Crippen molar-refractivity contribution in [3.05, 3.63) is 16.5 Å². The molecule has 1 aromatic heterocycles. The Hall–Kier alpha value is -1.03. The summed E-state index contributed by atoms with van der Waals surface area (Å²) in [6.07, 6.45) is 1.97. The van der Waals surface area contributed by atoms with E-state index in [4.69, 9.17) is 5.73 Å². The maximum Gasteiger partial charge on any atom is 0.261 e. The molecule has 1 aliphatic heterocycles. The van der Waals surface area contributed by atoms with E-state index < -0.39 is 0 Å². The van der Waals surface area contributed by atoms with E-state index in [2.05, 4.69) is 5.32 Å². The van der Waals surface area contributed by atoms with Crippen LogP contribution in [0.2, 0.25) is 0 Å². The number of anilines is 1. The van der Waals surface area contributed by atoms with Crippen LogP contribution in [0.25, 0.3) is 0 Å². The smallest absolute Gasteiger partial charge is 0.261 e. The zero-order valence-electron chi connectivity index (χ0n) is 6.59. The van der Waals surface area contributed by atoms with Crippen LogP contribution >= 0.6 is 11.3 Å². The van der Waals surface area contributed by atoms with Crippen LogP contribution in [0.4, 0.5) is 5.00 Å². The SMILES string of the molecule is Nc1cc2c(s1)C(=O)NCCC2. The number of fused-ring (bicyclic) bond motifs is 1. The third-order valence-corrected chi connectivity index (χ3v) is 2.95. The van der Waals surface area contributed by atoms with E-state index in [0.29, 0.717) is 0 Å². The van der Waals surface area contributed by atoms with E-state index in [1.165, 1.54) is 11.3 Å². The van der Waals surface area contributed by atoms with E-state index in [0.717, 1.165) is 34.8 Å². The minimum Gasteiger partial charge on any atom is -0.391 e. The van der Waals surface area contributed by atoms with Crippen molar-refractivity contribution in [2.45, 2.75) is 12.8 Å². The molecule has 1 aliphatic rings. The first kappa shape index (κ1) is 7.61. The Morgan fingerprint density at radius 3 is 3.25 bits per heavy atom. The van der Waals surface area contributed by atoms with Crippen molar-refractivity contribution in [1.29, 1.82) is 0 Å². The number of amides is 1. The summed E-state index contributed by atoms with van der Waals surface area (Å²) in [5.74, 6) is 0.0317. The minimum atomic E-state index is 0.0317. The molecule has 2 heterocycles. The van der Waals surface area contributed by atoms with Crippen molar-refractivity contribution < 1.29 is 4.79 Å². The van der Waals surface area contributed by atoms with E-state index in [9.17, 15) is 4.79 Å². The van der Waals surface area contributed by atoms with Crippen LogP contribution < -0.4 is 11.1 Å². The molecule has 0 unspecified atom stereocenters. The van der Waals surface area contributed by atoms with Gasteiger partial charge in [0.25, 0.3) is 5.91 Å². The first-order valence-corrected chi connectivity index (χ1v) is 4.75. The third kappa shape index (κ3) is 1.18. The summed E-state index contributed by atoms with van der Waals surface area (Å²) in [6.45, 7) is 0.778. The molecule has 0 bridgehead atoms. The summed E-state index contributed by atoms with van der Waals surface area (Å²) >= 11 is 1.38. The third-order valence-electron chi connectivity index (χ3n) is 1.94. The zero-order chi connectivity index (χ0) is 8.55. The predicted molar refractivity (Wildman–Crippen MR) is 49.4 cm³/mol. The number of carbonyl (C=O) groups is 1. The Kier molecular flexibility index (Phi) is 1.77. The molecule has 4 heteroatoms. The van der Waals surface area contributed by atoms with Crippen LogP contribution in [-0.4, -0.2) is 12.5 Å². The molecule has 1 amide bonds. The van der Waals surface area contributed by atoms with Gasteiger partial charge in [0.05, 0.1) is 9.88 Å². The van der Waals surface area contributed by atoms with E-state index in [-0.39, 0.29) is 5.91 Å². The van der Waals surface area contributed by atoms with Gasteiger partial charge in [0.1, 0.15) is 0 Å². The molecule has 0 radical (unpaired) electrons. The molecule has 2 rings (SSSR count). The van der Waals surface area contributed by atoms with Gasteiger partial charge in [-0.1, -0.05) is 0 Å². The minimum absolute atomic E-state index is 0.0317. The Morgan fingerprint density at radius 2 is 2.42 bits per heavy atom. The second-order valence-corrected chi connectivity index (χ2v) is 3.95. The van der Waals surface area contributed by atoms with E-state index >= 15 is 0 Å². The lowest BCUT2D eigenvalue weighted by atomic mass is 10.1. The number of carbonyl (C=O) groups excluding carboxylic acids is 1. The van der Waals surface area contributed by atoms with Crippen LogP contribution in [0.1, 0.15) is 21.7 Å². The topological polar surface area (TPSA) is 55.1 Å². The summed E-state index contributed by atoms with van der Waals surface area (Å²) in [6, 6.07) is 1.91. The van der Waals surface area contributed by atoms with Gasteiger partial charge in [-0.2, -0.15) is 0 Å². The molecule has 3 N–H and O–H groups in total. The fourth-order valence-corrected chi connectivity index (χ4v) is 2.28. The predicted octanol–water partition coefficient (Wildman–Crippen LogP) is 1.01. The molecular formula is C8H10N2OS. The summed E-state index contributed by atoms with van der Waals surface area (Å²) in [7, 11) is 0. The molecule has 0 saturated heterocycles. The second kappa shape index (κ2) is 2.79. The number of nitrogen functional groups attached to an aromatic ring is 1. The van der Waals surface area contributed by atoms with Crippen LogP contribution in [-0.2, 0) is 6.42 Å². The fourth-order valence-electron chi connectivity index (χ4n) is 1.39.